The smallest absolute Gasteiger partial charge is 0.373 e. The first-order valence-electron chi connectivity index (χ1n) is 3.23. The Morgan fingerprint density at radius 1 is 0.875 bits per heavy atom. The van der Waals surface area contributed by atoms with Gasteiger partial charge < -0.3 is 5.11 Å². The van der Waals surface area contributed by atoms with Crippen LogP contribution in [0.4, 0.5) is 13.2 Å². The van der Waals surface area contributed by atoms with Crippen LogP contribution in [0.5, 0.6) is 0 Å². The Labute approximate surface area is 89.4 Å². The largest absolute Gasteiger partial charge is 0.522 e. The third-order valence-corrected chi connectivity index (χ3v) is 2.77. The highest BCUT2D eigenvalue weighted by atomic mass is 32.2. The van der Waals surface area contributed by atoms with Crippen LogP contribution in [0.3, 0.4) is 0 Å². The highest BCUT2D eigenvalue weighted by Crippen LogP contribution is 2.20. The van der Waals surface area contributed by atoms with Gasteiger partial charge in [-0.15, -0.1) is 0 Å². The number of halogens is 3. The highest BCUT2D eigenvalue weighted by Gasteiger charge is 2.44. The standard InChI is InChI=1S/C3H8O4S.CHF3O3S/c1-3(2,4)8(5,6)7;2-1(3,4)8(5,6)7/h4H,1-2H3,(H,5,6,7);(H,5,6,7). The third-order valence-electron chi connectivity index (χ3n) is 0.924. The van der Waals surface area contributed by atoms with Gasteiger partial charge in [-0.2, -0.15) is 30.0 Å². The Kier molecular flexibility index (Phi) is 5.42. The van der Waals surface area contributed by atoms with Gasteiger partial charge in [0.25, 0.3) is 10.1 Å². The van der Waals surface area contributed by atoms with E-state index in [2.05, 4.69) is 0 Å². The van der Waals surface area contributed by atoms with Crippen molar-refractivity contribution in [2.45, 2.75) is 24.3 Å². The van der Waals surface area contributed by atoms with E-state index in [1.807, 2.05) is 0 Å². The molecule has 0 saturated heterocycles. The van der Waals surface area contributed by atoms with Crippen LogP contribution < -0.4 is 0 Å². The lowest BCUT2D eigenvalue weighted by Gasteiger charge is -2.10. The molecule has 0 fully saturated rings. The first kappa shape index (κ1) is 17.9. The summed E-state index contributed by atoms with van der Waals surface area (Å²) in [4.78, 5) is -2.03. The third kappa shape index (κ3) is 6.95. The Morgan fingerprint density at radius 3 is 1.00 bits per heavy atom. The molecule has 7 nitrogen and oxygen atoms in total. The summed E-state index contributed by atoms with van der Waals surface area (Å²) in [5, 5.41) is 8.52. The zero-order valence-corrected chi connectivity index (χ0v) is 9.56. The number of hydrogen-bond donors (Lipinski definition) is 3. The molecule has 0 aromatic carbocycles. The molecule has 0 atom stereocenters. The number of aliphatic hydroxyl groups is 1. The van der Waals surface area contributed by atoms with E-state index in [9.17, 15) is 21.6 Å². The summed E-state index contributed by atoms with van der Waals surface area (Å²) >= 11 is 0. The molecule has 12 heteroatoms. The molecule has 0 aliphatic heterocycles. The monoisotopic (exact) mass is 290 g/mol. The maximum atomic E-state index is 10.7. The number of hydrogen-bond acceptors (Lipinski definition) is 5. The summed E-state index contributed by atoms with van der Waals surface area (Å²) in [5.41, 5.74) is -5.53. The van der Waals surface area contributed by atoms with Crippen molar-refractivity contribution >= 4 is 20.2 Å². The zero-order chi connectivity index (χ0) is 14.0. The fourth-order valence-corrected chi connectivity index (χ4v) is 0. The second-order valence-electron chi connectivity index (χ2n) is 2.84. The molecule has 0 aromatic rings. The Balaban J connectivity index is 0. The van der Waals surface area contributed by atoms with Gasteiger partial charge in [-0.05, 0) is 13.8 Å². The molecule has 0 unspecified atom stereocenters. The van der Waals surface area contributed by atoms with E-state index >= 15 is 0 Å². The quantitative estimate of drug-likeness (QED) is 0.457. The topological polar surface area (TPSA) is 129 Å². The van der Waals surface area contributed by atoms with E-state index in [1.54, 1.807) is 0 Å². The van der Waals surface area contributed by atoms with Crippen LogP contribution in [0.2, 0.25) is 0 Å². The summed E-state index contributed by atoms with van der Waals surface area (Å²) in [6.45, 7) is 1.98. The highest BCUT2D eigenvalue weighted by molar-refractivity contribution is 7.87. The predicted molar refractivity (Wildman–Crippen MR) is 45.5 cm³/mol. The lowest BCUT2D eigenvalue weighted by atomic mass is 10.5. The van der Waals surface area contributed by atoms with Gasteiger partial charge in [0, 0.05) is 0 Å². The van der Waals surface area contributed by atoms with Gasteiger partial charge >= 0.3 is 15.6 Å². The zero-order valence-electron chi connectivity index (χ0n) is 7.93. The average Bonchev–Trinajstić information content (AvgIpc) is 1.77. The molecule has 0 aliphatic rings. The van der Waals surface area contributed by atoms with Crippen molar-refractivity contribution in [1.82, 2.24) is 0 Å². The van der Waals surface area contributed by atoms with E-state index in [-0.39, 0.29) is 0 Å². The van der Waals surface area contributed by atoms with Crippen LogP contribution in [-0.2, 0) is 20.2 Å². The van der Waals surface area contributed by atoms with Crippen molar-refractivity contribution < 1.29 is 44.2 Å². The molecule has 0 radical (unpaired) electrons. The minimum absolute atomic E-state index is 0.988. The fraction of sp³-hybridized carbons (Fsp3) is 1.00. The molecular weight excluding hydrogens is 281 g/mol. The van der Waals surface area contributed by atoms with E-state index in [0.29, 0.717) is 0 Å². The van der Waals surface area contributed by atoms with Crippen molar-refractivity contribution in [1.29, 1.82) is 0 Å². The molecule has 0 amide bonds. The number of rotatable bonds is 1. The van der Waals surface area contributed by atoms with E-state index in [1.165, 1.54) is 0 Å². The summed E-state index contributed by atoms with van der Waals surface area (Å²) in [7, 11) is -10.1. The molecule has 0 bridgehead atoms. The summed E-state index contributed by atoms with van der Waals surface area (Å²) < 4.78 is 85.5. The van der Waals surface area contributed by atoms with Gasteiger partial charge in [0.2, 0.25) is 0 Å². The minimum atomic E-state index is -5.84. The van der Waals surface area contributed by atoms with Gasteiger partial charge in [0.15, 0.2) is 4.93 Å². The molecule has 16 heavy (non-hydrogen) atoms. The van der Waals surface area contributed by atoms with Crippen molar-refractivity contribution in [3.63, 3.8) is 0 Å². The SMILES string of the molecule is CC(C)(O)S(=O)(=O)O.O=S(=O)(O)C(F)(F)F. The molecule has 100 valence electrons. The fourth-order valence-electron chi connectivity index (χ4n) is 0. The van der Waals surface area contributed by atoms with Gasteiger partial charge in [0.05, 0.1) is 0 Å². The second kappa shape index (κ2) is 4.83. The van der Waals surface area contributed by atoms with Crippen LogP contribution in [-0.4, -0.2) is 41.5 Å². The lowest BCUT2D eigenvalue weighted by molar-refractivity contribution is -0.0510. The Morgan fingerprint density at radius 2 is 1.00 bits per heavy atom. The molecule has 0 aliphatic carbocycles. The van der Waals surface area contributed by atoms with Crippen LogP contribution in [0.15, 0.2) is 0 Å². The predicted octanol–water partition coefficient (Wildman–Crippen LogP) is -0.00340. The van der Waals surface area contributed by atoms with Crippen LogP contribution >= 0.6 is 0 Å². The second-order valence-corrected chi connectivity index (χ2v) is 6.20. The lowest BCUT2D eigenvalue weighted by Crippen LogP contribution is -2.30. The van der Waals surface area contributed by atoms with Crippen molar-refractivity contribution in [3.05, 3.63) is 0 Å². The van der Waals surface area contributed by atoms with Crippen molar-refractivity contribution in [3.8, 4) is 0 Å². The van der Waals surface area contributed by atoms with Gasteiger partial charge in [-0.3, -0.25) is 9.11 Å². The first-order valence-corrected chi connectivity index (χ1v) is 6.11. The Hall–Kier alpha value is -0.430. The summed E-state index contributed by atoms with van der Waals surface area (Å²) in [6.07, 6.45) is 0. The average molecular weight is 290 g/mol. The van der Waals surface area contributed by atoms with Crippen LogP contribution in [0, 0.1) is 0 Å². The summed E-state index contributed by atoms with van der Waals surface area (Å²) in [6, 6.07) is 0. The molecule has 0 spiro atoms. The van der Waals surface area contributed by atoms with Crippen molar-refractivity contribution in [2.24, 2.45) is 0 Å². The normalized spacial score (nSPS) is 14.0. The van der Waals surface area contributed by atoms with Crippen molar-refractivity contribution in [2.75, 3.05) is 0 Å². The van der Waals surface area contributed by atoms with Gasteiger partial charge in [-0.25, -0.2) is 0 Å². The Bertz CT molecular complexity index is 370. The molecule has 3 N–H and O–H groups in total. The van der Waals surface area contributed by atoms with Gasteiger partial charge in [-0.1, -0.05) is 0 Å². The van der Waals surface area contributed by atoms with Crippen LogP contribution in [0.1, 0.15) is 13.8 Å². The summed E-state index contributed by atoms with van der Waals surface area (Å²) in [5.74, 6) is 0. The van der Waals surface area contributed by atoms with E-state index < -0.39 is 30.7 Å². The molecule has 0 heterocycles. The molecule has 0 saturated carbocycles. The van der Waals surface area contributed by atoms with E-state index in [0.717, 1.165) is 13.8 Å². The number of alkyl halides is 3. The van der Waals surface area contributed by atoms with Gasteiger partial charge in [0.1, 0.15) is 0 Å². The maximum Gasteiger partial charge on any atom is 0.522 e. The minimum Gasteiger partial charge on any atom is -0.373 e. The molecule has 0 rings (SSSR count). The maximum absolute atomic E-state index is 10.7. The molecular formula is C4H9F3O7S2. The molecule has 0 aromatic heterocycles. The van der Waals surface area contributed by atoms with E-state index in [4.69, 9.17) is 22.6 Å². The van der Waals surface area contributed by atoms with Crippen LogP contribution in [0.25, 0.3) is 0 Å². The first-order chi connectivity index (χ1) is 6.50.